The number of pyridine rings is 1. The molecule has 2 aromatic heterocycles. The van der Waals surface area contributed by atoms with Gasteiger partial charge in [0, 0.05) is 22.5 Å². The van der Waals surface area contributed by atoms with E-state index in [-0.39, 0.29) is 0 Å². The maximum absolute atomic E-state index is 6.00. The van der Waals surface area contributed by atoms with Gasteiger partial charge in [-0.05, 0) is 59.8 Å². The van der Waals surface area contributed by atoms with Gasteiger partial charge >= 0.3 is 0 Å². The third kappa shape index (κ3) is 2.98. The van der Waals surface area contributed by atoms with E-state index in [0.29, 0.717) is 5.92 Å². The van der Waals surface area contributed by atoms with Crippen LogP contribution >= 0.6 is 0 Å². The Balaban J connectivity index is 1.66. The molecule has 1 fully saturated rings. The van der Waals surface area contributed by atoms with Gasteiger partial charge in [-0.2, -0.15) is 0 Å². The number of nitrogens with zero attached hydrogens (tertiary/aromatic N) is 1. The van der Waals surface area contributed by atoms with Crippen LogP contribution in [0.25, 0.3) is 33.2 Å². The van der Waals surface area contributed by atoms with Gasteiger partial charge in [0.15, 0.2) is 0 Å². The zero-order valence-corrected chi connectivity index (χ0v) is 18.0. The molecule has 3 heteroatoms. The van der Waals surface area contributed by atoms with E-state index in [1.807, 2.05) is 12.1 Å². The average Bonchev–Trinajstić information content (AvgIpc) is 3.34. The van der Waals surface area contributed by atoms with Crippen LogP contribution in [0.4, 0.5) is 0 Å². The minimum absolute atomic E-state index is 0.710. The number of furan rings is 1. The number of aromatic nitrogens is 1. The van der Waals surface area contributed by atoms with Gasteiger partial charge in [0.2, 0.25) is 0 Å². The van der Waals surface area contributed by atoms with Crippen LogP contribution in [-0.2, 0) is 0 Å². The molecule has 1 aliphatic carbocycles. The number of fused-ring (bicyclic) bond motifs is 3. The number of hydrogen-bond acceptors (Lipinski definition) is 2. The Morgan fingerprint density at radius 1 is 0.893 bits per heavy atom. The van der Waals surface area contributed by atoms with E-state index in [4.69, 9.17) is 9.40 Å². The van der Waals surface area contributed by atoms with Crippen LogP contribution in [0, 0.1) is 0 Å². The van der Waals surface area contributed by atoms with Crippen LogP contribution in [0.5, 0.6) is 0 Å². The molecule has 0 unspecified atom stereocenters. The molecular weight excluding hydrogens is 358 g/mol. The smallest absolute Gasteiger partial charge is 0.135 e. The van der Waals surface area contributed by atoms with E-state index < -0.39 is 8.07 Å². The summed E-state index contributed by atoms with van der Waals surface area (Å²) in [5, 5.41) is 3.89. The van der Waals surface area contributed by atoms with E-state index >= 15 is 0 Å². The highest BCUT2D eigenvalue weighted by Gasteiger charge is 2.27. The van der Waals surface area contributed by atoms with Crippen molar-refractivity contribution in [1.82, 2.24) is 4.98 Å². The van der Waals surface area contributed by atoms with E-state index in [9.17, 15) is 0 Å². The SMILES string of the molecule is C[Si](C)(C)c1cnc(-c2ccc3oc4ccccc4c3c2)cc1C1CCCC1. The highest BCUT2D eigenvalue weighted by Crippen LogP contribution is 2.36. The molecule has 2 heterocycles. The quantitative estimate of drug-likeness (QED) is 0.360. The van der Waals surface area contributed by atoms with E-state index in [2.05, 4.69) is 62.2 Å². The van der Waals surface area contributed by atoms with E-state index in [0.717, 1.165) is 16.9 Å². The van der Waals surface area contributed by atoms with Gasteiger partial charge in [0.25, 0.3) is 0 Å². The van der Waals surface area contributed by atoms with Crippen molar-refractivity contribution in [3.05, 3.63) is 60.3 Å². The lowest BCUT2D eigenvalue weighted by molar-refractivity contribution is 0.669. The summed E-state index contributed by atoms with van der Waals surface area (Å²) in [4.78, 5) is 4.92. The first-order valence-electron chi connectivity index (χ1n) is 10.4. The van der Waals surface area contributed by atoms with Gasteiger partial charge in [-0.25, -0.2) is 0 Å². The molecule has 5 rings (SSSR count). The van der Waals surface area contributed by atoms with Gasteiger partial charge < -0.3 is 4.42 Å². The first-order chi connectivity index (χ1) is 13.5. The number of benzene rings is 2. The third-order valence-corrected chi connectivity index (χ3v) is 8.25. The maximum Gasteiger partial charge on any atom is 0.135 e. The van der Waals surface area contributed by atoms with Crippen LogP contribution in [0.2, 0.25) is 19.6 Å². The third-order valence-electron chi connectivity index (χ3n) is 6.21. The molecule has 2 nitrogen and oxygen atoms in total. The van der Waals surface area contributed by atoms with Crippen LogP contribution in [-0.4, -0.2) is 13.1 Å². The Hall–Kier alpha value is -2.39. The molecule has 28 heavy (non-hydrogen) atoms. The molecule has 1 saturated carbocycles. The van der Waals surface area contributed by atoms with Crippen molar-refractivity contribution in [2.45, 2.75) is 51.2 Å². The number of para-hydroxylation sites is 1. The Bertz CT molecular complexity index is 1160. The topological polar surface area (TPSA) is 26.0 Å². The minimum Gasteiger partial charge on any atom is -0.456 e. The maximum atomic E-state index is 6.00. The lowest BCUT2D eigenvalue weighted by atomic mass is 9.96. The van der Waals surface area contributed by atoms with Crippen molar-refractivity contribution in [2.75, 3.05) is 0 Å². The van der Waals surface area contributed by atoms with Crippen molar-refractivity contribution < 1.29 is 4.42 Å². The van der Waals surface area contributed by atoms with E-state index in [1.54, 1.807) is 5.56 Å². The molecule has 0 radical (unpaired) electrons. The molecular formula is C25H27NOSi. The largest absolute Gasteiger partial charge is 0.456 e. The molecule has 0 N–H and O–H groups in total. The summed E-state index contributed by atoms with van der Waals surface area (Å²) >= 11 is 0. The Kier molecular flexibility index (Phi) is 4.16. The predicted octanol–water partition coefficient (Wildman–Crippen LogP) is 6.85. The Labute approximate surface area is 167 Å². The molecule has 0 atom stereocenters. The predicted molar refractivity (Wildman–Crippen MR) is 121 cm³/mol. The summed E-state index contributed by atoms with van der Waals surface area (Å²) < 4.78 is 6.00. The fourth-order valence-corrected chi connectivity index (χ4v) is 6.31. The monoisotopic (exact) mass is 385 g/mol. The molecule has 2 aromatic carbocycles. The van der Waals surface area contributed by atoms with Gasteiger partial charge in [-0.15, -0.1) is 0 Å². The summed E-state index contributed by atoms with van der Waals surface area (Å²) in [6.07, 6.45) is 7.56. The van der Waals surface area contributed by atoms with Crippen LogP contribution in [0.3, 0.4) is 0 Å². The first-order valence-corrected chi connectivity index (χ1v) is 13.9. The second-order valence-electron chi connectivity index (χ2n) is 9.20. The first kappa shape index (κ1) is 17.7. The second kappa shape index (κ2) is 6.59. The summed E-state index contributed by atoms with van der Waals surface area (Å²) in [7, 11) is -1.42. The molecule has 0 amide bonds. The highest BCUT2D eigenvalue weighted by atomic mass is 28.3. The molecule has 0 aliphatic heterocycles. The summed E-state index contributed by atoms with van der Waals surface area (Å²) in [6.45, 7) is 7.31. The fourth-order valence-electron chi connectivity index (χ4n) is 4.72. The normalized spacial score (nSPS) is 15.7. The minimum atomic E-state index is -1.42. The molecule has 0 bridgehead atoms. The van der Waals surface area contributed by atoms with Gasteiger partial charge in [0.1, 0.15) is 11.2 Å². The molecule has 0 saturated heterocycles. The molecule has 4 aromatic rings. The van der Waals surface area contributed by atoms with Gasteiger partial charge in [-0.1, -0.05) is 50.7 Å². The van der Waals surface area contributed by atoms with Crippen molar-refractivity contribution in [3.63, 3.8) is 0 Å². The van der Waals surface area contributed by atoms with Crippen molar-refractivity contribution in [2.24, 2.45) is 0 Å². The summed E-state index contributed by atoms with van der Waals surface area (Å²) in [6, 6.07) is 17.2. The lowest BCUT2D eigenvalue weighted by Gasteiger charge is -2.24. The van der Waals surface area contributed by atoms with Crippen molar-refractivity contribution in [1.29, 1.82) is 0 Å². The fraction of sp³-hybridized carbons (Fsp3) is 0.320. The molecule has 142 valence electrons. The summed E-state index contributed by atoms with van der Waals surface area (Å²) in [5.74, 6) is 0.710. The number of rotatable bonds is 3. The van der Waals surface area contributed by atoms with Crippen LogP contribution in [0.15, 0.2) is 59.1 Å². The van der Waals surface area contributed by atoms with Crippen LogP contribution < -0.4 is 5.19 Å². The van der Waals surface area contributed by atoms with Crippen molar-refractivity contribution in [3.8, 4) is 11.3 Å². The Morgan fingerprint density at radius 2 is 1.64 bits per heavy atom. The summed E-state index contributed by atoms with van der Waals surface area (Å²) in [5.41, 5.74) is 5.73. The highest BCUT2D eigenvalue weighted by molar-refractivity contribution is 6.89. The van der Waals surface area contributed by atoms with Gasteiger partial charge in [-0.3, -0.25) is 4.98 Å². The molecule has 0 spiro atoms. The lowest BCUT2D eigenvalue weighted by Crippen LogP contribution is -2.41. The molecule has 1 aliphatic rings. The zero-order valence-electron chi connectivity index (χ0n) is 17.0. The second-order valence-corrected chi connectivity index (χ2v) is 14.2. The average molecular weight is 386 g/mol. The van der Waals surface area contributed by atoms with Gasteiger partial charge in [0.05, 0.1) is 13.8 Å². The van der Waals surface area contributed by atoms with E-state index in [1.165, 1.54) is 47.2 Å². The number of hydrogen-bond donors (Lipinski definition) is 0. The van der Waals surface area contributed by atoms with Crippen LogP contribution in [0.1, 0.15) is 37.2 Å². The van der Waals surface area contributed by atoms with Crippen molar-refractivity contribution >= 4 is 35.2 Å². The zero-order chi connectivity index (χ0) is 19.3. The Morgan fingerprint density at radius 3 is 2.43 bits per heavy atom. The standard InChI is InChI=1S/C25H27NOSi/c1-28(2,3)25-16-26-22(15-20(25)17-8-4-5-9-17)18-12-13-24-21(14-18)19-10-6-7-11-23(19)27-24/h6-7,10-17H,4-5,8-9H2,1-3H3.